The normalized spacial score (nSPS) is 17.3. The third-order valence-electron chi connectivity index (χ3n) is 5.48. The maximum absolute atomic E-state index is 12.7. The van der Waals surface area contributed by atoms with E-state index in [0.717, 1.165) is 19.6 Å². The molecule has 1 aliphatic rings. The third kappa shape index (κ3) is 8.05. The number of likely N-dealkylation sites (tertiary alicyclic amines) is 1. The van der Waals surface area contributed by atoms with E-state index < -0.39 is 9.84 Å². The highest BCUT2D eigenvalue weighted by Gasteiger charge is 2.28. The van der Waals surface area contributed by atoms with Crippen LogP contribution in [0.4, 0.5) is 0 Å². The zero-order valence-electron chi connectivity index (χ0n) is 18.1. The van der Waals surface area contributed by atoms with Gasteiger partial charge in [0.1, 0.15) is 0 Å². The summed E-state index contributed by atoms with van der Waals surface area (Å²) >= 11 is 0. The van der Waals surface area contributed by atoms with E-state index in [4.69, 9.17) is 0 Å². The predicted molar refractivity (Wildman–Crippen MR) is 132 cm³/mol. The molecule has 0 radical (unpaired) electrons. The van der Waals surface area contributed by atoms with E-state index in [9.17, 15) is 8.42 Å². The van der Waals surface area contributed by atoms with Crippen molar-refractivity contribution in [1.29, 1.82) is 0 Å². The molecule has 8 heteroatoms. The highest BCUT2D eigenvalue weighted by molar-refractivity contribution is 14.0. The maximum atomic E-state index is 12.7. The lowest BCUT2D eigenvalue weighted by atomic mass is 9.98. The summed E-state index contributed by atoms with van der Waals surface area (Å²) in [6.07, 6.45) is 4.52. The van der Waals surface area contributed by atoms with Crippen molar-refractivity contribution in [2.24, 2.45) is 4.99 Å². The topological polar surface area (TPSA) is 73.8 Å². The Kier molecular flexibility index (Phi) is 10.9. The Morgan fingerprint density at radius 2 is 1.79 bits per heavy atom. The van der Waals surface area contributed by atoms with Gasteiger partial charge in [0, 0.05) is 25.2 Å². The van der Waals surface area contributed by atoms with Crippen LogP contribution < -0.4 is 10.6 Å². The van der Waals surface area contributed by atoms with Gasteiger partial charge in [-0.05, 0) is 58.3 Å². The molecule has 6 nitrogen and oxygen atoms in total. The van der Waals surface area contributed by atoms with E-state index in [2.05, 4.69) is 34.4 Å². The van der Waals surface area contributed by atoms with E-state index in [1.807, 2.05) is 13.0 Å². The van der Waals surface area contributed by atoms with E-state index >= 15 is 0 Å². The fraction of sp³-hybridized carbons (Fsp3) is 0.667. The summed E-state index contributed by atoms with van der Waals surface area (Å²) in [5.41, 5.74) is 0.0237. The average Bonchev–Trinajstić information content (AvgIpc) is 2.71. The second-order valence-electron chi connectivity index (χ2n) is 8.13. The van der Waals surface area contributed by atoms with Gasteiger partial charge in [-0.1, -0.05) is 31.5 Å². The molecule has 166 valence electrons. The molecule has 2 rings (SSSR count). The van der Waals surface area contributed by atoms with Crippen LogP contribution in [0.5, 0.6) is 0 Å². The molecule has 0 bridgehead atoms. The number of hydrogen-bond acceptors (Lipinski definition) is 4. The van der Waals surface area contributed by atoms with Crippen LogP contribution in [-0.4, -0.2) is 63.3 Å². The molecular weight excluding hydrogens is 499 g/mol. The van der Waals surface area contributed by atoms with Crippen LogP contribution in [0.3, 0.4) is 0 Å². The Labute approximate surface area is 193 Å². The minimum atomic E-state index is -3.34. The van der Waals surface area contributed by atoms with Gasteiger partial charge in [0.15, 0.2) is 15.8 Å². The minimum Gasteiger partial charge on any atom is -0.355 e. The average molecular weight is 537 g/mol. The lowest BCUT2D eigenvalue weighted by Gasteiger charge is -2.41. The number of nitrogens with one attached hydrogen (secondary N) is 2. The fourth-order valence-electron chi connectivity index (χ4n) is 3.55. The number of piperidine rings is 1. The molecule has 2 N–H and O–H groups in total. The molecule has 1 saturated heterocycles. The van der Waals surface area contributed by atoms with Crippen molar-refractivity contribution in [2.45, 2.75) is 62.9 Å². The molecule has 0 aromatic heterocycles. The molecule has 1 atom stereocenters. The Morgan fingerprint density at radius 3 is 2.34 bits per heavy atom. The number of benzene rings is 1. The third-order valence-corrected chi connectivity index (χ3v) is 7.31. The number of halogens is 1. The first-order valence-corrected chi connectivity index (χ1v) is 11.9. The van der Waals surface area contributed by atoms with Crippen molar-refractivity contribution >= 4 is 39.8 Å². The van der Waals surface area contributed by atoms with Gasteiger partial charge in [-0.3, -0.25) is 9.89 Å². The van der Waals surface area contributed by atoms with Crippen molar-refractivity contribution in [1.82, 2.24) is 15.5 Å². The molecule has 0 spiro atoms. The second-order valence-corrected chi connectivity index (χ2v) is 10.2. The van der Waals surface area contributed by atoms with Crippen LogP contribution in [-0.2, 0) is 9.84 Å². The summed E-state index contributed by atoms with van der Waals surface area (Å²) in [6.45, 7) is 9.50. The van der Waals surface area contributed by atoms with Crippen LogP contribution in [0.2, 0.25) is 0 Å². The standard InChI is InChI=1S/C21H36N4O2S.HI/c1-5-18(16-28(26,27)19-12-8-6-9-13-19)24-20(22-4)23-17-21(2,3)25-14-10-7-11-15-25;/h6,8-9,12-13,18H,5,7,10-11,14-17H2,1-4H3,(H2,22,23,24);1H. The summed E-state index contributed by atoms with van der Waals surface area (Å²) in [6, 6.07) is 8.43. The summed E-state index contributed by atoms with van der Waals surface area (Å²) < 4.78 is 25.4. The highest BCUT2D eigenvalue weighted by Crippen LogP contribution is 2.19. The molecule has 1 fully saturated rings. The maximum Gasteiger partial charge on any atom is 0.191 e. The first kappa shape index (κ1) is 26.2. The fourth-order valence-corrected chi connectivity index (χ4v) is 5.16. The summed E-state index contributed by atoms with van der Waals surface area (Å²) in [7, 11) is -1.62. The number of aliphatic imine (C=N–C) groups is 1. The minimum absolute atomic E-state index is 0. The first-order valence-electron chi connectivity index (χ1n) is 10.3. The van der Waals surface area contributed by atoms with Crippen LogP contribution in [0.1, 0.15) is 46.5 Å². The van der Waals surface area contributed by atoms with Crippen molar-refractivity contribution in [3.05, 3.63) is 30.3 Å². The van der Waals surface area contributed by atoms with Gasteiger partial charge < -0.3 is 10.6 Å². The summed E-state index contributed by atoms with van der Waals surface area (Å²) in [5, 5.41) is 6.70. The van der Waals surface area contributed by atoms with Gasteiger partial charge in [-0.25, -0.2) is 8.42 Å². The smallest absolute Gasteiger partial charge is 0.191 e. The monoisotopic (exact) mass is 536 g/mol. The molecule has 1 aromatic rings. The number of guanidine groups is 1. The molecule has 0 aliphatic carbocycles. The van der Waals surface area contributed by atoms with E-state index in [0.29, 0.717) is 17.3 Å². The molecule has 29 heavy (non-hydrogen) atoms. The Balaban J connectivity index is 0.00000420. The molecule has 1 aliphatic heterocycles. The number of hydrogen-bond donors (Lipinski definition) is 2. The Bertz CT molecular complexity index is 732. The van der Waals surface area contributed by atoms with Gasteiger partial charge in [0.05, 0.1) is 10.6 Å². The highest BCUT2D eigenvalue weighted by atomic mass is 127. The van der Waals surface area contributed by atoms with Gasteiger partial charge in [0.25, 0.3) is 0 Å². The lowest BCUT2D eigenvalue weighted by Crippen LogP contribution is -2.56. The van der Waals surface area contributed by atoms with Gasteiger partial charge in [-0.15, -0.1) is 24.0 Å². The Morgan fingerprint density at radius 1 is 1.17 bits per heavy atom. The van der Waals surface area contributed by atoms with E-state index in [-0.39, 0.29) is 41.3 Å². The predicted octanol–water partition coefficient (Wildman–Crippen LogP) is 3.29. The quantitative estimate of drug-likeness (QED) is 0.303. The lowest BCUT2D eigenvalue weighted by molar-refractivity contribution is 0.0982. The van der Waals surface area contributed by atoms with Crippen molar-refractivity contribution in [3.63, 3.8) is 0 Å². The largest absolute Gasteiger partial charge is 0.355 e. The number of rotatable bonds is 8. The van der Waals surface area contributed by atoms with Crippen molar-refractivity contribution in [2.75, 3.05) is 32.4 Å². The SMILES string of the molecule is CCC(CS(=O)(=O)c1ccccc1)NC(=NC)NCC(C)(C)N1CCCCC1.I. The zero-order chi connectivity index (χ0) is 20.6. The molecule has 0 amide bonds. The number of nitrogens with zero attached hydrogens (tertiary/aromatic N) is 2. The molecule has 1 unspecified atom stereocenters. The van der Waals surface area contributed by atoms with Crippen LogP contribution in [0.25, 0.3) is 0 Å². The van der Waals surface area contributed by atoms with Crippen LogP contribution in [0, 0.1) is 0 Å². The summed E-state index contributed by atoms with van der Waals surface area (Å²) in [4.78, 5) is 7.19. The van der Waals surface area contributed by atoms with Crippen molar-refractivity contribution in [3.8, 4) is 0 Å². The molecule has 1 heterocycles. The molecule has 0 saturated carbocycles. The van der Waals surface area contributed by atoms with Crippen molar-refractivity contribution < 1.29 is 8.42 Å². The van der Waals surface area contributed by atoms with E-state index in [1.54, 1.807) is 31.3 Å². The number of sulfone groups is 1. The second kappa shape index (κ2) is 12.1. The zero-order valence-corrected chi connectivity index (χ0v) is 21.3. The van der Waals surface area contributed by atoms with Gasteiger partial charge in [0.2, 0.25) is 0 Å². The van der Waals surface area contributed by atoms with Crippen LogP contribution >= 0.6 is 24.0 Å². The summed E-state index contributed by atoms with van der Waals surface area (Å²) in [5.74, 6) is 0.698. The first-order chi connectivity index (χ1) is 13.3. The van der Waals surface area contributed by atoms with E-state index in [1.165, 1.54) is 19.3 Å². The molecular formula is C21H37IN4O2S. The van der Waals surface area contributed by atoms with Crippen LogP contribution in [0.15, 0.2) is 40.2 Å². The molecule has 1 aromatic carbocycles. The Hall–Kier alpha value is -0.870. The van der Waals surface area contributed by atoms with Gasteiger partial charge >= 0.3 is 0 Å². The van der Waals surface area contributed by atoms with Gasteiger partial charge in [-0.2, -0.15) is 0 Å².